The van der Waals surface area contributed by atoms with Gasteiger partial charge in [0.05, 0.1) is 11.0 Å². The molecule has 2 aliphatic rings. The van der Waals surface area contributed by atoms with Gasteiger partial charge in [-0.3, -0.25) is 9.59 Å². The van der Waals surface area contributed by atoms with E-state index in [1.807, 2.05) is 24.8 Å². The topological polar surface area (TPSA) is 109 Å². The molecule has 2 heterocycles. The summed E-state index contributed by atoms with van der Waals surface area (Å²) in [5.74, 6) is 0.347. The van der Waals surface area contributed by atoms with E-state index in [2.05, 4.69) is 5.32 Å². The lowest BCUT2D eigenvalue weighted by Crippen LogP contribution is -2.54. The zero-order valence-corrected chi connectivity index (χ0v) is 20.7. The summed E-state index contributed by atoms with van der Waals surface area (Å²) in [4.78, 5) is 38.9. The van der Waals surface area contributed by atoms with Crippen LogP contribution in [0.5, 0.6) is 5.75 Å². The number of piperidine rings is 1. The van der Waals surface area contributed by atoms with Gasteiger partial charge in [-0.15, -0.1) is 0 Å². The number of benzene rings is 1. The SMILES string of the molecule is CCCc1cc(=O)oc2cc(C)cc(OCC(=O)NCCC(=O)N3CC[C@@]4(O)CCCC[C@@H]4C3)c12. The third-order valence-corrected chi connectivity index (χ3v) is 7.35. The molecule has 0 spiro atoms. The van der Waals surface area contributed by atoms with Crippen LogP contribution in [0.3, 0.4) is 0 Å². The molecule has 2 atom stereocenters. The summed E-state index contributed by atoms with van der Waals surface area (Å²) in [5, 5.41) is 14.3. The Morgan fingerprint density at radius 2 is 2.09 bits per heavy atom. The summed E-state index contributed by atoms with van der Waals surface area (Å²) in [5.41, 5.74) is 1.14. The van der Waals surface area contributed by atoms with Gasteiger partial charge in [0.2, 0.25) is 5.91 Å². The predicted molar refractivity (Wildman–Crippen MR) is 132 cm³/mol. The lowest BCUT2D eigenvalue weighted by molar-refractivity contribution is -0.143. The number of aliphatic hydroxyl groups is 1. The number of ether oxygens (including phenoxy) is 1. The summed E-state index contributed by atoms with van der Waals surface area (Å²) in [6, 6.07) is 5.11. The van der Waals surface area contributed by atoms with E-state index < -0.39 is 11.2 Å². The van der Waals surface area contributed by atoms with Crippen molar-refractivity contribution in [3.8, 4) is 5.75 Å². The lowest BCUT2D eigenvalue weighted by Gasteiger charge is -2.47. The maximum atomic E-state index is 12.7. The second kappa shape index (κ2) is 10.8. The Hall–Kier alpha value is -2.87. The number of rotatable bonds is 8. The number of carbonyl (C=O) groups is 2. The molecule has 0 radical (unpaired) electrons. The number of nitrogens with one attached hydrogen (secondary N) is 1. The number of fused-ring (bicyclic) bond motifs is 2. The van der Waals surface area contributed by atoms with Crippen LogP contribution in [0.1, 0.15) is 63.0 Å². The van der Waals surface area contributed by atoms with Crippen LogP contribution in [0.4, 0.5) is 0 Å². The summed E-state index contributed by atoms with van der Waals surface area (Å²) >= 11 is 0. The van der Waals surface area contributed by atoms with Crippen LogP contribution in [-0.4, -0.2) is 53.7 Å². The molecule has 1 aliphatic heterocycles. The van der Waals surface area contributed by atoms with Gasteiger partial charge in [-0.05, 0) is 55.9 Å². The van der Waals surface area contributed by atoms with Crippen molar-refractivity contribution in [3.05, 3.63) is 39.7 Å². The molecule has 0 unspecified atom stereocenters. The number of likely N-dealkylation sites (tertiary alicyclic amines) is 1. The first-order chi connectivity index (χ1) is 16.8. The molecular formula is C27H36N2O6. The molecular weight excluding hydrogens is 448 g/mol. The van der Waals surface area contributed by atoms with Crippen LogP contribution in [0.25, 0.3) is 11.0 Å². The molecule has 1 aromatic heterocycles. The Kier molecular flexibility index (Phi) is 7.79. The highest BCUT2D eigenvalue weighted by Gasteiger charge is 2.43. The van der Waals surface area contributed by atoms with Crippen molar-refractivity contribution in [1.29, 1.82) is 0 Å². The quantitative estimate of drug-likeness (QED) is 0.558. The molecule has 1 aromatic carbocycles. The van der Waals surface area contributed by atoms with Gasteiger partial charge in [-0.1, -0.05) is 26.2 Å². The van der Waals surface area contributed by atoms with Crippen LogP contribution >= 0.6 is 0 Å². The second-order valence-electron chi connectivity index (χ2n) is 10.0. The minimum atomic E-state index is -0.611. The molecule has 8 nitrogen and oxygen atoms in total. The van der Waals surface area contributed by atoms with Crippen LogP contribution in [0.15, 0.2) is 27.4 Å². The third-order valence-electron chi connectivity index (χ3n) is 7.35. The number of aryl methyl sites for hydroxylation is 2. The first-order valence-corrected chi connectivity index (χ1v) is 12.8. The summed E-state index contributed by atoms with van der Waals surface area (Å²) < 4.78 is 11.2. The average molecular weight is 485 g/mol. The number of hydrogen-bond donors (Lipinski definition) is 2. The summed E-state index contributed by atoms with van der Waals surface area (Å²) in [6.07, 6.45) is 6.37. The number of amides is 2. The van der Waals surface area contributed by atoms with Gasteiger partial charge < -0.3 is 24.5 Å². The molecule has 1 saturated heterocycles. The molecule has 190 valence electrons. The zero-order valence-electron chi connectivity index (χ0n) is 20.7. The van der Waals surface area contributed by atoms with E-state index >= 15 is 0 Å². The van der Waals surface area contributed by atoms with Crippen LogP contribution in [0.2, 0.25) is 0 Å². The zero-order chi connectivity index (χ0) is 25.0. The van der Waals surface area contributed by atoms with Crippen molar-refractivity contribution in [2.75, 3.05) is 26.2 Å². The van der Waals surface area contributed by atoms with Gasteiger partial charge >= 0.3 is 5.63 Å². The fourth-order valence-corrected chi connectivity index (χ4v) is 5.51. The number of nitrogens with zero attached hydrogens (tertiary/aromatic N) is 1. The minimum Gasteiger partial charge on any atom is -0.483 e. The Morgan fingerprint density at radius 3 is 2.89 bits per heavy atom. The average Bonchev–Trinajstić information content (AvgIpc) is 2.81. The Labute approximate surface area is 205 Å². The molecule has 2 N–H and O–H groups in total. The number of carbonyl (C=O) groups excluding carboxylic acids is 2. The van der Waals surface area contributed by atoms with Crippen molar-refractivity contribution in [2.45, 2.75) is 70.8 Å². The first kappa shape index (κ1) is 25.2. The van der Waals surface area contributed by atoms with Crippen molar-refractivity contribution >= 4 is 22.8 Å². The van der Waals surface area contributed by atoms with Crippen molar-refractivity contribution in [1.82, 2.24) is 10.2 Å². The van der Waals surface area contributed by atoms with E-state index in [1.165, 1.54) is 6.07 Å². The second-order valence-corrected chi connectivity index (χ2v) is 10.0. The molecule has 8 heteroatoms. The molecule has 1 saturated carbocycles. The molecule has 0 bridgehead atoms. The van der Waals surface area contributed by atoms with Crippen molar-refractivity contribution in [3.63, 3.8) is 0 Å². The van der Waals surface area contributed by atoms with E-state index in [-0.39, 0.29) is 37.3 Å². The molecule has 2 amide bonds. The Morgan fingerprint density at radius 1 is 1.26 bits per heavy atom. The Bertz CT molecular complexity index is 1140. The molecule has 35 heavy (non-hydrogen) atoms. The summed E-state index contributed by atoms with van der Waals surface area (Å²) in [6.45, 7) is 5.11. The van der Waals surface area contributed by atoms with Crippen LogP contribution in [-0.2, 0) is 16.0 Å². The summed E-state index contributed by atoms with van der Waals surface area (Å²) in [7, 11) is 0. The van der Waals surface area contributed by atoms with Gasteiger partial charge in [0.25, 0.3) is 5.91 Å². The molecule has 1 aliphatic carbocycles. The molecule has 4 rings (SSSR count). The van der Waals surface area contributed by atoms with E-state index in [0.29, 0.717) is 42.6 Å². The van der Waals surface area contributed by atoms with E-state index in [1.54, 1.807) is 6.07 Å². The van der Waals surface area contributed by atoms with E-state index in [0.717, 1.165) is 43.2 Å². The normalized spacial score (nSPS) is 22.0. The van der Waals surface area contributed by atoms with E-state index in [4.69, 9.17) is 9.15 Å². The van der Waals surface area contributed by atoms with Gasteiger partial charge in [-0.2, -0.15) is 0 Å². The highest BCUT2D eigenvalue weighted by atomic mass is 16.5. The van der Waals surface area contributed by atoms with Gasteiger partial charge in [0.15, 0.2) is 6.61 Å². The first-order valence-electron chi connectivity index (χ1n) is 12.8. The van der Waals surface area contributed by atoms with Gasteiger partial charge in [0.1, 0.15) is 11.3 Å². The fraction of sp³-hybridized carbons (Fsp3) is 0.593. The van der Waals surface area contributed by atoms with Crippen LogP contribution < -0.4 is 15.7 Å². The third kappa shape index (κ3) is 5.86. The highest BCUT2D eigenvalue weighted by molar-refractivity contribution is 5.88. The number of hydrogen-bond acceptors (Lipinski definition) is 6. The van der Waals surface area contributed by atoms with E-state index in [9.17, 15) is 19.5 Å². The van der Waals surface area contributed by atoms with Crippen molar-refractivity contribution in [2.24, 2.45) is 5.92 Å². The predicted octanol–water partition coefficient (Wildman–Crippen LogP) is 3.09. The largest absolute Gasteiger partial charge is 0.483 e. The van der Waals surface area contributed by atoms with Gasteiger partial charge in [0, 0.05) is 38.0 Å². The lowest BCUT2D eigenvalue weighted by atomic mass is 9.71. The minimum absolute atomic E-state index is 0.00255. The standard InChI is InChI=1S/C27H36N2O6/c1-3-6-19-15-25(32)35-22-14-18(2)13-21(26(19)22)34-17-23(30)28-11-8-24(31)29-12-10-27(33)9-5-4-7-20(27)16-29/h13-15,20,33H,3-12,16-17H2,1-2H3,(H,28,30)/t20-,27+/m1/s1. The highest BCUT2D eigenvalue weighted by Crippen LogP contribution is 2.39. The Balaban J connectivity index is 1.30. The molecule has 2 aromatic rings. The van der Waals surface area contributed by atoms with Crippen molar-refractivity contribution < 1.29 is 23.8 Å². The maximum Gasteiger partial charge on any atom is 0.336 e. The fourth-order valence-electron chi connectivity index (χ4n) is 5.51. The maximum absolute atomic E-state index is 12.7. The smallest absolute Gasteiger partial charge is 0.336 e. The molecule has 2 fully saturated rings. The monoisotopic (exact) mass is 484 g/mol. The van der Waals surface area contributed by atoms with Crippen LogP contribution in [0, 0.1) is 12.8 Å². The van der Waals surface area contributed by atoms with Gasteiger partial charge in [-0.25, -0.2) is 4.79 Å².